The summed E-state index contributed by atoms with van der Waals surface area (Å²) >= 11 is 0. The fourth-order valence-corrected chi connectivity index (χ4v) is 2.39. The molecule has 2 aromatic rings. The smallest absolute Gasteiger partial charge is 0.363 e. The van der Waals surface area contributed by atoms with Crippen LogP contribution in [0.2, 0.25) is 0 Å². The number of hydrogen-bond acceptors (Lipinski definition) is 4. The largest absolute Gasteiger partial charge is 0.494 e. The fraction of sp³-hybridized carbons (Fsp3) is 0.200. The molecule has 0 N–H and O–H groups in total. The SMILES string of the molecule is CCOc1ccc(/C=C2/N=C(c3ccc(C)c(C)c3)OC2=O)cc1. The van der Waals surface area contributed by atoms with Gasteiger partial charge in [-0.2, -0.15) is 0 Å². The van der Waals surface area contributed by atoms with Crippen LogP contribution in [0.1, 0.15) is 29.2 Å². The highest BCUT2D eigenvalue weighted by molar-refractivity contribution is 6.12. The van der Waals surface area contributed by atoms with Gasteiger partial charge < -0.3 is 9.47 Å². The van der Waals surface area contributed by atoms with Gasteiger partial charge in [-0.05, 0) is 67.8 Å². The van der Waals surface area contributed by atoms with Crippen LogP contribution in [0.15, 0.2) is 53.2 Å². The summed E-state index contributed by atoms with van der Waals surface area (Å²) in [6.07, 6.45) is 1.71. The molecule has 4 nitrogen and oxygen atoms in total. The molecule has 24 heavy (non-hydrogen) atoms. The Morgan fingerprint density at radius 1 is 1.08 bits per heavy atom. The molecule has 122 valence electrons. The molecule has 0 aromatic heterocycles. The second-order valence-corrected chi connectivity index (χ2v) is 5.64. The van der Waals surface area contributed by atoms with E-state index in [9.17, 15) is 4.79 Å². The molecule has 0 saturated carbocycles. The van der Waals surface area contributed by atoms with E-state index in [4.69, 9.17) is 9.47 Å². The van der Waals surface area contributed by atoms with Crippen LogP contribution in [0.25, 0.3) is 6.08 Å². The Bertz CT molecular complexity index is 832. The topological polar surface area (TPSA) is 47.9 Å². The maximum absolute atomic E-state index is 12.1. The molecule has 0 unspecified atom stereocenters. The molecule has 0 saturated heterocycles. The van der Waals surface area contributed by atoms with Gasteiger partial charge in [0.25, 0.3) is 0 Å². The lowest BCUT2D eigenvalue weighted by atomic mass is 10.1. The van der Waals surface area contributed by atoms with Crippen LogP contribution in [-0.4, -0.2) is 18.5 Å². The standard InChI is InChI=1S/C20H19NO3/c1-4-23-17-9-6-15(7-10-17)12-18-20(22)24-19(21-18)16-8-5-13(2)14(3)11-16/h5-12H,4H2,1-3H3/b18-12+. The Morgan fingerprint density at radius 2 is 1.83 bits per heavy atom. The van der Waals surface area contributed by atoms with Gasteiger partial charge in [-0.3, -0.25) is 0 Å². The van der Waals surface area contributed by atoms with Crippen molar-refractivity contribution in [1.82, 2.24) is 0 Å². The lowest BCUT2D eigenvalue weighted by Gasteiger charge is -2.03. The first-order valence-electron chi connectivity index (χ1n) is 7.90. The van der Waals surface area contributed by atoms with Gasteiger partial charge in [-0.25, -0.2) is 9.79 Å². The van der Waals surface area contributed by atoms with Gasteiger partial charge in [0.2, 0.25) is 5.90 Å². The summed E-state index contributed by atoms with van der Waals surface area (Å²) in [6, 6.07) is 13.4. The zero-order valence-electron chi connectivity index (χ0n) is 14.0. The van der Waals surface area contributed by atoms with Gasteiger partial charge in [-0.1, -0.05) is 18.2 Å². The molecule has 0 aliphatic carbocycles. The predicted molar refractivity (Wildman–Crippen MR) is 94.1 cm³/mol. The van der Waals surface area contributed by atoms with Crippen molar-refractivity contribution in [3.63, 3.8) is 0 Å². The van der Waals surface area contributed by atoms with Gasteiger partial charge in [-0.15, -0.1) is 0 Å². The highest BCUT2D eigenvalue weighted by Gasteiger charge is 2.24. The number of cyclic esters (lactones) is 1. The van der Waals surface area contributed by atoms with Crippen molar-refractivity contribution in [2.75, 3.05) is 6.61 Å². The third-order valence-corrected chi connectivity index (χ3v) is 3.87. The van der Waals surface area contributed by atoms with Crippen LogP contribution in [0.5, 0.6) is 5.75 Å². The number of ether oxygens (including phenoxy) is 2. The Hall–Kier alpha value is -2.88. The van der Waals surface area contributed by atoms with E-state index in [-0.39, 0.29) is 0 Å². The fourth-order valence-electron chi connectivity index (χ4n) is 2.39. The van der Waals surface area contributed by atoms with Crippen LogP contribution < -0.4 is 4.74 Å². The summed E-state index contributed by atoms with van der Waals surface area (Å²) in [4.78, 5) is 16.4. The van der Waals surface area contributed by atoms with E-state index < -0.39 is 5.97 Å². The molecule has 2 aromatic carbocycles. The van der Waals surface area contributed by atoms with Crippen molar-refractivity contribution in [2.45, 2.75) is 20.8 Å². The second kappa shape index (κ2) is 6.71. The first-order valence-corrected chi connectivity index (χ1v) is 7.90. The molecule has 3 rings (SSSR count). The monoisotopic (exact) mass is 321 g/mol. The zero-order chi connectivity index (χ0) is 17.1. The van der Waals surface area contributed by atoms with E-state index in [1.165, 1.54) is 5.56 Å². The predicted octanol–water partition coefficient (Wildman–Crippen LogP) is 4.05. The number of carbonyl (C=O) groups is 1. The number of benzene rings is 2. The van der Waals surface area contributed by atoms with E-state index >= 15 is 0 Å². The van der Waals surface area contributed by atoms with E-state index in [0.29, 0.717) is 18.2 Å². The van der Waals surface area contributed by atoms with Gasteiger partial charge in [0.15, 0.2) is 5.70 Å². The molecule has 1 aliphatic rings. The van der Waals surface area contributed by atoms with E-state index in [1.54, 1.807) is 6.08 Å². The van der Waals surface area contributed by atoms with Crippen molar-refractivity contribution in [3.05, 3.63) is 70.4 Å². The first-order chi connectivity index (χ1) is 11.6. The van der Waals surface area contributed by atoms with Crippen molar-refractivity contribution < 1.29 is 14.3 Å². The third kappa shape index (κ3) is 3.38. The minimum absolute atomic E-state index is 0.299. The van der Waals surface area contributed by atoms with Crippen molar-refractivity contribution >= 4 is 17.9 Å². The van der Waals surface area contributed by atoms with Crippen LogP contribution in [0.4, 0.5) is 0 Å². The molecule has 1 heterocycles. The third-order valence-electron chi connectivity index (χ3n) is 3.87. The van der Waals surface area contributed by atoms with Crippen LogP contribution in [0, 0.1) is 13.8 Å². The molecule has 0 atom stereocenters. The Morgan fingerprint density at radius 3 is 2.50 bits per heavy atom. The van der Waals surface area contributed by atoms with Crippen molar-refractivity contribution in [2.24, 2.45) is 4.99 Å². The second-order valence-electron chi connectivity index (χ2n) is 5.64. The van der Waals surface area contributed by atoms with Gasteiger partial charge in [0.05, 0.1) is 6.61 Å². The first kappa shape index (κ1) is 16.0. The number of nitrogens with zero attached hydrogens (tertiary/aromatic N) is 1. The summed E-state index contributed by atoms with van der Waals surface area (Å²) in [5, 5.41) is 0. The summed E-state index contributed by atoms with van der Waals surface area (Å²) < 4.78 is 10.7. The van der Waals surface area contributed by atoms with E-state index in [2.05, 4.69) is 4.99 Å². The molecule has 0 amide bonds. The number of carbonyl (C=O) groups excluding carboxylic acids is 1. The van der Waals surface area contributed by atoms with Crippen LogP contribution in [-0.2, 0) is 9.53 Å². The normalized spacial score (nSPS) is 15.4. The quantitative estimate of drug-likeness (QED) is 0.630. The van der Waals surface area contributed by atoms with Gasteiger partial charge in [0, 0.05) is 5.56 Å². The zero-order valence-corrected chi connectivity index (χ0v) is 14.0. The Labute approximate surface area is 141 Å². The summed E-state index contributed by atoms with van der Waals surface area (Å²) in [5.74, 6) is 0.713. The number of aliphatic imine (C=N–C) groups is 1. The van der Waals surface area contributed by atoms with E-state index in [0.717, 1.165) is 22.4 Å². The maximum Gasteiger partial charge on any atom is 0.363 e. The summed E-state index contributed by atoms with van der Waals surface area (Å²) in [6.45, 7) is 6.62. The molecule has 0 bridgehead atoms. The van der Waals surface area contributed by atoms with Crippen LogP contribution >= 0.6 is 0 Å². The number of rotatable bonds is 4. The Kier molecular flexibility index (Phi) is 4.47. The average molecular weight is 321 g/mol. The maximum atomic E-state index is 12.1. The molecular weight excluding hydrogens is 302 g/mol. The number of aryl methyl sites for hydroxylation is 2. The van der Waals surface area contributed by atoms with Crippen molar-refractivity contribution in [3.8, 4) is 5.75 Å². The Balaban J connectivity index is 1.86. The summed E-state index contributed by atoms with van der Waals surface area (Å²) in [5.41, 5.74) is 4.30. The summed E-state index contributed by atoms with van der Waals surface area (Å²) in [7, 11) is 0. The molecule has 0 spiro atoms. The molecular formula is C20H19NO3. The lowest BCUT2D eigenvalue weighted by molar-refractivity contribution is -0.129. The molecule has 4 heteroatoms. The van der Waals surface area contributed by atoms with Gasteiger partial charge in [0.1, 0.15) is 5.75 Å². The lowest BCUT2D eigenvalue weighted by Crippen LogP contribution is -2.05. The van der Waals surface area contributed by atoms with Gasteiger partial charge >= 0.3 is 5.97 Å². The van der Waals surface area contributed by atoms with Crippen LogP contribution in [0.3, 0.4) is 0 Å². The molecule has 1 aliphatic heterocycles. The minimum Gasteiger partial charge on any atom is -0.494 e. The van der Waals surface area contributed by atoms with E-state index in [1.807, 2.05) is 63.2 Å². The van der Waals surface area contributed by atoms with Crippen molar-refractivity contribution in [1.29, 1.82) is 0 Å². The number of esters is 1. The highest BCUT2D eigenvalue weighted by Crippen LogP contribution is 2.21. The molecule has 0 fully saturated rings. The highest BCUT2D eigenvalue weighted by atomic mass is 16.6. The average Bonchev–Trinajstić information content (AvgIpc) is 2.93. The minimum atomic E-state index is -0.433. The molecule has 0 radical (unpaired) electrons. The number of hydrogen-bond donors (Lipinski definition) is 0.